The fourth-order valence-corrected chi connectivity index (χ4v) is 1.76. The predicted octanol–water partition coefficient (Wildman–Crippen LogP) is 2.31. The molecule has 1 rings (SSSR count). The Morgan fingerprint density at radius 1 is 1.25 bits per heavy atom. The first-order valence-corrected chi connectivity index (χ1v) is 6.73. The summed E-state index contributed by atoms with van der Waals surface area (Å²) < 4.78 is 5.00. The molecule has 0 aliphatic carbocycles. The molecule has 0 fully saturated rings. The molecule has 2 atom stereocenters. The minimum absolute atomic E-state index is 0.134. The van der Waals surface area contributed by atoms with Crippen molar-refractivity contribution < 1.29 is 14.3 Å². The quantitative estimate of drug-likeness (QED) is 0.868. The van der Waals surface area contributed by atoms with Crippen LogP contribution in [0, 0.1) is 6.92 Å². The molecule has 0 radical (unpaired) electrons. The van der Waals surface area contributed by atoms with E-state index in [4.69, 9.17) is 4.74 Å². The van der Waals surface area contributed by atoms with Crippen molar-refractivity contribution in [2.45, 2.75) is 39.3 Å². The van der Waals surface area contributed by atoms with Crippen LogP contribution in [0.1, 0.15) is 37.4 Å². The molecule has 2 amide bonds. The largest absolute Gasteiger partial charge is 0.436 e. The van der Waals surface area contributed by atoms with Crippen molar-refractivity contribution in [2.75, 3.05) is 7.05 Å². The van der Waals surface area contributed by atoms with Crippen LogP contribution in [0.25, 0.3) is 0 Å². The molecule has 5 heteroatoms. The molecule has 0 aliphatic heterocycles. The molecule has 1 aromatic rings. The van der Waals surface area contributed by atoms with Crippen LogP contribution in [0.5, 0.6) is 0 Å². The summed E-state index contributed by atoms with van der Waals surface area (Å²) in [6.07, 6.45) is -0.947. The van der Waals surface area contributed by atoms with Gasteiger partial charge in [-0.15, -0.1) is 0 Å². The van der Waals surface area contributed by atoms with E-state index in [0.717, 1.165) is 5.56 Å². The van der Waals surface area contributed by atoms with Crippen molar-refractivity contribution in [3.05, 3.63) is 35.4 Å². The third-order valence-corrected chi connectivity index (χ3v) is 3.05. The maximum Gasteiger partial charge on any atom is 0.407 e. The average molecular weight is 278 g/mol. The zero-order valence-electron chi connectivity index (χ0n) is 12.4. The molecular weight excluding hydrogens is 256 g/mol. The molecule has 0 spiro atoms. The fourth-order valence-electron chi connectivity index (χ4n) is 1.76. The summed E-state index contributed by atoms with van der Waals surface area (Å²) in [5.41, 5.74) is 2.18. The van der Waals surface area contributed by atoms with Crippen LogP contribution in [-0.2, 0) is 9.53 Å². The van der Waals surface area contributed by atoms with E-state index in [0.29, 0.717) is 6.42 Å². The van der Waals surface area contributed by atoms with Gasteiger partial charge >= 0.3 is 6.09 Å². The first-order chi connectivity index (χ1) is 9.47. The van der Waals surface area contributed by atoms with Gasteiger partial charge in [-0.25, -0.2) is 4.79 Å². The molecule has 0 saturated carbocycles. The average Bonchev–Trinajstić information content (AvgIpc) is 2.44. The number of carbonyl (C=O) groups is 2. The van der Waals surface area contributed by atoms with Crippen LogP contribution in [0.3, 0.4) is 0 Å². The molecule has 1 aromatic carbocycles. The molecule has 2 unspecified atom stereocenters. The first kappa shape index (κ1) is 16.0. The van der Waals surface area contributed by atoms with Crippen LogP contribution >= 0.6 is 0 Å². The van der Waals surface area contributed by atoms with Gasteiger partial charge in [0.2, 0.25) is 0 Å². The zero-order valence-corrected chi connectivity index (χ0v) is 12.4. The molecule has 0 saturated heterocycles. The van der Waals surface area contributed by atoms with Gasteiger partial charge in [0.15, 0.2) is 6.10 Å². The Bertz CT molecular complexity index is 457. The highest BCUT2D eigenvalue weighted by molar-refractivity contribution is 5.83. The third-order valence-electron chi connectivity index (χ3n) is 3.05. The SMILES string of the molecule is CCC(OC(=O)NC)C(=O)NC(C)c1ccc(C)cc1. The van der Waals surface area contributed by atoms with Gasteiger partial charge in [-0.05, 0) is 25.8 Å². The van der Waals surface area contributed by atoms with Gasteiger partial charge in [-0.1, -0.05) is 36.8 Å². The number of ether oxygens (including phenoxy) is 1. The third kappa shape index (κ3) is 4.57. The lowest BCUT2D eigenvalue weighted by Crippen LogP contribution is -2.40. The number of benzene rings is 1. The van der Waals surface area contributed by atoms with Crippen molar-refractivity contribution in [3.63, 3.8) is 0 Å². The van der Waals surface area contributed by atoms with E-state index < -0.39 is 12.2 Å². The summed E-state index contributed by atoms with van der Waals surface area (Å²) in [5.74, 6) is -0.288. The molecule has 110 valence electrons. The molecule has 20 heavy (non-hydrogen) atoms. The van der Waals surface area contributed by atoms with Crippen LogP contribution in [0.15, 0.2) is 24.3 Å². The second-order valence-corrected chi connectivity index (χ2v) is 4.69. The van der Waals surface area contributed by atoms with E-state index in [2.05, 4.69) is 10.6 Å². The summed E-state index contributed by atoms with van der Waals surface area (Å²) in [5, 5.41) is 5.19. The maximum atomic E-state index is 12.1. The zero-order chi connectivity index (χ0) is 15.1. The topological polar surface area (TPSA) is 67.4 Å². The Morgan fingerprint density at radius 3 is 2.35 bits per heavy atom. The van der Waals surface area contributed by atoms with Gasteiger partial charge in [0.05, 0.1) is 6.04 Å². The minimum atomic E-state index is -0.775. The predicted molar refractivity (Wildman–Crippen MR) is 77.4 cm³/mol. The number of nitrogens with one attached hydrogen (secondary N) is 2. The van der Waals surface area contributed by atoms with E-state index >= 15 is 0 Å². The molecule has 2 N–H and O–H groups in total. The molecule has 5 nitrogen and oxygen atoms in total. The molecule has 0 aliphatic rings. The number of rotatable bonds is 5. The van der Waals surface area contributed by atoms with E-state index in [1.807, 2.05) is 38.1 Å². The minimum Gasteiger partial charge on any atom is -0.436 e. The Morgan fingerprint density at radius 2 is 1.85 bits per heavy atom. The number of carbonyl (C=O) groups excluding carboxylic acids is 2. The summed E-state index contributed by atoms with van der Waals surface area (Å²) >= 11 is 0. The van der Waals surface area contributed by atoms with E-state index in [1.165, 1.54) is 12.6 Å². The van der Waals surface area contributed by atoms with E-state index in [1.54, 1.807) is 6.92 Å². The van der Waals surface area contributed by atoms with Crippen molar-refractivity contribution in [1.29, 1.82) is 0 Å². The lowest BCUT2D eigenvalue weighted by atomic mass is 10.1. The number of hydrogen-bond donors (Lipinski definition) is 2. The lowest BCUT2D eigenvalue weighted by Gasteiger charge is -2.19. The second-order valence-electron chi connectivity index (χ2n) is 4.69. The van der Waals surface area contributed by atoms with Crippen LogP contribution in [0.4, 0.5) is 4.79 Å². The second kappa shape index (κ2) is 7.53. The standard InChI is InChI=1S/C15H22N2O3/c1-5-13(20-15(19)16-4)14(18)17-11(3)12-8-6-10(2)7-9-12/h6-9,11,13H,5H2,1-4H3,(H,16,19)(H,17,18). The van der Waals surface area contributed by atoms with Crippen molar-refractivity contribution in [3.8, 4) is 0 Å². The van der Waals surface area contributed by atoms with Crippen LogP contribution in [0.2, 0.25) is 0 Å². The Kier molecular flexibility index (Phi) is 6.03. The maximum absolute atomic E-state index is 12.1. The van der Waals surface area contributed by atoms with Crippen LogP contribution < -0.4 is 10.6 Å². The summed E-state index contributed by atoms with van der Waals surface area (Å²) in [4.78, 5) is 23.2. The number of alkyl carbamates (subject to hydrolysis) is 1. The monoisotopic (exact) mass is 278 g/mol. The highest BCUT2D eigenvalue weighted by atomic mass is 16.6. The van der Waals surface area contributed by atoms with Crippen molar-refractivity contribution >= 4 is 12.0 Å². The van der Waals surface area contributed by atoms with Gasteiger partial charge in [0.1, 0.15) is 0 Å². The Hall–Kier alpha value is -2.04. The van der Waals surface area contributed by atoms with Gasteiger partial charge in [-0.2, -0.15) is 0 Å². The Balaban J connectivity index is 2.63. The number of amides is 2. The molecule has 0 aromatic heterocycles. The molecule has 0 heterocycles. The Labute approximate surface area is 119 Å². The van der Waals surface area contributed by atoms with Gasteiger partial charge in [0.25, 0.3) is 5.91 Å². The number of hydrogen-bond acceptors (Lipinski definition) is 3. The van der Waals surface area contributed by atoms with Crippen LogP contribution in [-0.4, -0.2) is 25.2 Å². The molecular formula is C15H22N2O3. The summed E-state index contributed by atoms with van der Waals surface area (Å²) in [6, 6.07) is 7.80. The van der Waals surface area contributed by atoms with Crippen molar-refractivity contribution in [2.24, 2.45) is 0 Å². The van der Waals surface area contributed by atoms with Gasteiger partial charge in [0, 0.05) is 7.05 Å². The first-order valence-electron chi connectivity index (χ1n) is 6.73. The highest BCUT2D eigenvalue weighted by Gasteiger charge is 2.22. The van der Waals surface area contributed by atoms with E-state index in [-0.39, 0.29) is 11.9 Å². The smallest absolute Gasteiger partial charge is 0.407 e. The molecule has 0 bridgehead atoms. The van der Waals surface area contributed by atoms with Gasteiger partial charge < -0.3 is 15.4 Å². The lowest BCUT2D eigenvalue weighted by molar-refractivity contribution is -0.130. The normalized spacial score (nSPS) is 13.2. The van der Waals surface area contributed by atoms with E-state index in [9.17, 15) is 9.59 Å². The number of aryl methyl sites for hydroxylation is 1. The van der Waals surface area contributed by atoms with Gasteiger partial charge in [-0.3, -0.25) is 4.79 Å². The van der Waals surface area contributed by atoms with Crippen molar-refractivity contribution in [1.82, 2.24) is 10.6 Å². The summed E-state index contributed by atoms with van der Waals surface area (Å²) in [6.45, 7) is 5.70. The fraction of sp³-hybridized carbons (Fsp3) is 0.467. The highest BCUT2D eigenvalue weighted by Crippen LogP contribution is 2.13. The summed E-state index contributed by atoms with van der Waals surface area (Å²) in [7, 11) is 1.46.